The fourth-order valence-electron chi connectivity index (χ4n) is 3.83. The van der Waals surface area contributed by atoms with E-state index in [0.29, 0.717) is 11.8 Å². The lowest BCUT2D eigenvalue weighted by molar-refractivity contribution is -0.167. The SMILES string of the molecule is O=C([C@@H]1[C@@H]2CN(Cc3ccccc3)C[C@@H]21)N1CC(F)(F)C1. The van der Waals surface area contributed by atoms with Crippen molar-refractivity contribution in [3.8, 4) is 0 Å². The zero-order chi connectivity index (χ0) is 14.6. The first-order chi connectivity index (χ1) is 10.0. The highest BCUT2D eigenvalue weighted by atomic mass is 19.3. The molecule has 0 unspecified atom stereocenters. The van der Waals surface area contributed by atoms with E-state index in [1.807, 2.05) is 18.2 Å². The van der Waals surface area contributed by atoms with Crippen LogP contribution in [0.3, 0.4) is 0 Å². The average molecular weight is 292 g/mol. The molecular weight excluding hydrogens is 274 g/mol. The predicted octanol–water partition coefficient (Wildman–Crippen LogP) is 1.84. The van der Waals surface area contributed by atoms with E-state index in [4.69, 9.17) is 0 Å². The molecule has 3 atom stereocenters. The summed E-state index contributed by atoms with van der Waals surface area (Å²) >= 11 is 0. The highest BCUT2D eigenvalue weighted by Gasteiger charge is 2.62. The van der Waals surface area contributed by atoms with E-state index in [9.17, 15) is 13.6 Å². The van der Waals surface area contributed by atoms with Gasteiger partial charge in [0, 0.05) is 25.6 Å². The lowest BCUT2D eigenvalue weighted by Gasteiger charge is -2.39. The van der Waals surface area contributed by atoms with Crippen LogP contribution < -0.4 is 0 Å². The van der Waals surface area contributed by atoms with Crippen molar-refractivity contribution in [3.05, 3.63) is 35.9 Å². The number of carbonyl (C=O) groups excluding carboxylic acids is 1. The molecule has 3 aliphatic rings. The molecule has 3 fully saturated rings. The van der Waals surface area contributed by atoms with Gasteiger partial charge in [-0.25, -0.2) is 8.78 Å². The van der Waals surface area contributed by atoms with Crippen LogP contribution >= 0.6 is 0 Å². The van der Waals surface area contributed by atoms with E-state index in [-0.39, 0.29) is 24.9 Å². The number of hydrogen-bond donors (Lipinski definition) is 0. The van der Waals surface area contributed by atoms with Gasteiger partial charge in [-0.3, -0.25) is 9.69 Å². The first kappa shape index (κ1) is 13.2. The second-order valence-electron chi connectivity index (χ2n) is 6.58. The van der Waals surface area contributed by atoms with Crippen molar-refractivity contribution in [2.24, 2.45) is 17.8 Å². The number of alkyl halides is 2. The number of rotatable bonds is 3. The minimum atomic E-state index is -2.65. The standard InChI is InChI=1S/C16H18F2N2O/c17-16(18)9-20(10-16)15(21)14-12-7-19(8-13(12)14)6-11-4-2-1-3-5-11/h1-5,12-14H,6-10H2/t12-,13+,14-. The smallest absolute Gasteiger partial charge is 0.282 e. The first-order valence-corrected chi connectivity index (χ1v) is 7.46. The maximum atomic E-state index is 12.8. The molecule has 0 bridgehead atoms. The molecule has 3 nitrogen and oxygen atoms in total. The fourth-order valence-corrected chi connectivity index (χ4v) is 3.83. The van der Waals surface area contributed by atoms with Gasteiger partial charge in [0.25, 0.3) is 5.92 Å². The molecule has 1 aromatic carbocycles. The summed E-state index contributed by atoms with van der Waals surface area (Å²) in [6.45, 7) is 1.99. The third-order valence-electron chi connectivity index (χ3n) is 4.96. The Morgan fingerprint density at radius 1 is 1.14 bits per heavy atom. The van der Waals surface area contributed by atoms with Gasteiger partial charge in [0.2, 0.25) is 5.91 Å². The summed E-state index contributed by atoms with van der Waals surface area (Å²) in [7, 11) is 0. The summed E-state index contributed by atoms with van der Waals surface area (Å²) in [6.07, 6.45) is 0. The molecule has 1 amide bonds. The molecule has 1 aromatic rings. The van der Waals surface area contributed by atoms with Crippen LogP contribution in [0, 0.1) is 17.8 Å². The van der Waals surface area contributed by atoms with E-state index < -0.39 is 5.92 Å². The predicted molar refractivity (Wildman–Crippen MR) is 73.7 cm³/mol. The molecule has 4 rings (SSSR count). The Balaban J connectivity index is 1.29. The quantitative estimate of drug-likeness (QED) is 0.849. The number of fused-ring (bicyclic) bond motifs is 1. The van der Waals surface area contributed by atoms with Crippen molar-refractivity contribution in [3.63, 3.8) is 0 Å². The summed E-state index contributed by atoms with van der Waals surface area (Å²) in [4.78, 5) is 15.8. The molecule has 21 heavy (non-hydrogen) atoms. The molecule has 112 valence electrons. The van der Waals surface area contributed by atoms with Crippen LogP contribution in [0.2, 0.25) is 0 Å². The first-order valence-electron chi connectivity index (χ1n) is 7.46. The summed E-state index contributed by atoms with van der Waals surface area (Å²) in [5.74, 6) is -1.92. The van der Waals surface area contributed by atoms with Crippen LogP contribution in [-0.4, -0.2) is 47.8 Å². The number of benzene rings is 1. The van der Waals surface area contributed by atoms with E-state index in [1.165, 1.54) is 10.5 Å². The molecule has 1 saturated carbocycles. The van der Waals surface area contributed by atoms with Crippen LogP contribution in [-0.2, 0) is 11.3 Å². The summed E-state index contributed by atoms with van der Waals surface area (Å²) in [5.41, 5.74) is 1.28. The van der Waals surface area contributed by atoms with Crippen molar-refractivity contribution >= 4 is 5.91 Å². The van der Waals surface area contributed by atoms with Crippen LogP contribution in [0.5, 0.6) is 0 Å². The summed E-state index contributed by atoms with van der Waals surface area (Å²) in [6, 6.07) is 10.3. The Kier molecular flexibility index (Phi) is 2.83. The van der Waals surface area contributed by atoms with Gasteiger partial charge in [0.05, 0.1) is 13.1 Å². The molecule has 2 aliphatic heterocycles. The van der Waals surface area contributed by atoms with Gasteiger partial charge in [-0.05, 0) is 17.4 Å². The number of likely N-dealkylation sites (tertiary alicyclic amines) is 2. The average Bonchev–Trinajstić information content (AvgIpc) is 2.93. The van der Waals surface area contributed by atoms with Gasteiger partial charge in [-0.2, -0.15) is 0 Å². The van der Waals surface area contributed by atoms with E-state index in [0.717, 1.165) is 19.6 Å². The zero-order valence-corrected chi connectivity index (χ0v) is 11.7. The minimum Gasteiger partial charge on any atom is -0.330 e. The van der Waals surface area contributed by atoms with Gasteiger partial charge in [-0.15, -0.1) is 0 Å². The van der Waals surface area contributed by atoms with Crippen LogP contribution in [0.4, 0.5) is 8.78 Å². The van der Waals surface area contributed by atoms with Crippen molar-refractivity contribution < 1.29 is 13.6 Å². The van der Waals surface area contributed by atoms with Crippen molar-refractivity contribution in [2.45, 2.75) is 12.5 Å². The number of carbonyl (C=O) groups is 1. The Morgan fingerprint density at radius 3 is 2.33 bits per heavy atom. The van der Waals surface area contributed by atoms with E-state index in [1.54, 1.807) is 0 Å². The number of hydrogen-bond acceptors (Lipinski definition) is 2. The third kappa shape index (κ3) is 2.33. The van der Waals surface area contributed by atoms with Crippen LogP contribution in [0.25, 0.3) is 0 Å². The van der Waals surface area contributed by atoms with Crippen molar-refractivity contribution in [1.29, 1.82) is 0 Å². The van der Waals surface area contributed by atoms with Gasteiger partial charge in [-0.1, -0.05) is 30.3 Å². The van der Waals surface area contributed by atoms with Gasteiger partial charge in [0.1, 0.15) is 0 Å². The minimum absolute atomic E-state index is 0.00752. The molecule has 2 saturated heterocycles. The normalized spacial score (nSPS) is 33.4. The molecule has 5 heteroatoms. The highest BCUT2D eigenvalue weighted by molar-refractivity contribution is 5.83. The van der Waals surface area contributed by atoms with Crippen LogP contribution in [0.1, 0.15) is 5.56 Å². The fraction of sp³-hybridized carbons (Fsp3) is 0.562. The maximum absolute atomic E-state index is 12.8. The van der Waals surface area contributed by atoms with Crippen LogP contribution in [0.15, 0.2) is 30.3 Å². The molecule has 0 aromatic heterocycles. The maximum Gasteiger partial charge on any atom is 0.282 e. The molecule has 2 heterocycles. The van der Waals surface area contributed by atoms with Gasteiger partial charge >= 0.3 is 0 Å². The number of piperidine rings is 1. The molecule has 0 radical (unpaired) electrons. The number of amides is 1. The molecule has 0 N–H and O–H groups in total. The second kappa shape index (κ2) is 4.50. The lowest BCUT2D eigenvalue weighted by atomic mass is 10.1. The van der Waals surface area contributed by atoms with Gasteiger partial charge in [0.15, 0.2) is 0 Å². The zero-order valence-electron chi connectivity index (χ0n) is 11.7. The molecular formula is C16H18F2N2O. The Bertz CT molecular complexity index is 543. The number of halogens is 2. The summed E-state index contributed by atoms with van der Waals surface area (Å²) in [5, 5.41) is 0. The van der Waals surface area contributed by atoms with Gasteiger partial charge < -0.3 is 4.90 Å². The van der Waals surface area contributed by atoms with E-state index in [2.05, 4.69) is 17.0 Å². The highest BCUT2D eigenvalue weighted by Crippen LogP contribution is 2.53. The number of nitrogens with zero attached hydrogens (tertiary/aromatic N) is 2. The van der Waals surface area contributed by atoms with Crippen molar-refractivity contribution in [2.75, 3.05) is 26.2 Å². The summed E-state index contributed by atoms with van der Waals surface area (Å²) < 4.78 is 25.6. The second-order valence-corrected chi connectivity index (χ2v) is 6.58. The van der Waals surface area contributed by atoms with Crippen molar-refractivity contribution in [1.82, 2.24) is 9.80 Å². The van der Waals surface area contributed by atoms with E-state index >= 15 is 0 Å². The Morgan fingerprint density at radius 2 is 1.76 bits per heavy atom. The topological polar surface area (TPSA) is 23.6 Å². The molecule has 0 spiro atoms. The Hall–Kier alpha value is -1.49. The monoisotopic (exact) mass is 292 g/mol. The Labute approximate surface area is 122 Å². The molecule has 1 aliphatic carbocycles. The third-order valence-corrected chi connectivity index (χ3v) is 4.96. The largest absolute Gasteiger partial charge is 0.330 e. The lowest BCUT2D eigenvalue weighted by Crippen LogP contribution is -2.59.